The molecular weight excluding hydrogens is 188 g/mol. The van der Waals surface area contributed by atoms with Crippen molar-refractivity contribution in [3.63, 3.8) is 0 Å². The van der Waals surface area contributed by atoms with E-state index in [1.54, 1.807) is 0 Å². The topological polar surface area (TPSA) is 37.3 Å². The Bertz CT molecular complexity index is 242. The first-order valence-corrected chi connectivity index (χ1v) is 5.88. The average molecular weight is 208 g/mol. The number of hydrogen-bond donors (Lipinski definition) is 1. The van der Waals surface area contributed by atoms with Crippen LogP contribution in [0.2, 0.25) is 0 Å². The van der Waals surface area contributed by atoms with Crippen molar-refractivity contribution in [3.8, 4) is 12.3 Å². The third-order valence-corrected chi connectivity index (χ3v) is 3.51. The Kier molecular flexibility index (Phi) is 4.68. The highest BCUT2D eigenvalue weighted by molar-refractivity contribution is 5.74. The molecule has 1 aliphatic rings. The molecule has 0 aliphatic heterocycles. The lowest BCUT2D eigenvalue weighted by atomic mass is 9.73. The molecule has 0 aromatic rings. The first kappa shape index (κ1) is 12.1. The van der Waals surface area contributed by atoms with Crippen molar-refractivity contribution < 1.29 is 9.90 Å². The van der Waals surface area contributed by atoms with Gasteiger partial charge in [0.05, 0.1) is 5.41 Å². The second-order valence-electron chi connectivity index (χ2n) is 4.56. The van der Waals surface area contributed by atoms with Gasteiger partial charge < -0.3 is 5.11 Å². The molecule has 0 atom stereocenters. The molecule has 0 aromatic carbocycles. The number of terminal acetylenes is 1. The van der Waals surface area contributed by atoms with Gasteiger partial charge in [0.1, 0.15) is 0 Å². The van der Waals surface area contributed by atoms with Gasteiger partial charge in [-0.05, 0) is 19.3 Å². The Hall–Kier alpha value is -0.970. The Labute approximate surface area is 92.1 Å². The Morgan fingerprint density at radius 2 is 1.73 bits per heavy atom. The summed E-state index contributed by atoms with van der Waals surface area (Å²) in [4.78, 5) is 11.4. The predicted molar refractivity (Wildman–Crippen MR) is 60.5 cm³/mol. The summed E-state index contributed by atoms with van der Waals surface area (Å²) in [5.41, 5.74) is -0.521. The summed E-state index contributed by atoms with van der Waals surface area (Å²) < 4.78 is 0. The van der Waals surface area contributed by atoms with Crippen molar-refractivity contribution in [2.24, 2.45) is 5.41 Å². The van der Waals surface area contributed by atoms with Crippen LogP contribution in [-0.4, -0.2) is 11.1 Å². The predicted octanol–water partition coefficient (Wildman–Crippen LogP) is 3.22. The fraction of sp³-hybridized carbons (Fsp3) is 0.769. The highest BCUT2D eigenvalue weighted by Crippen LogP contribution is 2.38. The average Bonchev–Trinajstić information content (AvgIpc) is 2.16. The lowest BCUT2D eigenvalue weighted by molar-refractivity contribution is -0.150. The molecule has 2 nitrogen and oxygen atoms in total. The van der Waals surface area contributed by atoms with Gasteiger partial charge in [0.15, 0.2) is 0 Å². The maximum atomic E-state index is 11.4. The quantitative estimate of drug-likeness (QED) is 0.723. The van der Waals surface area contributed by atoms with Gasteiger partial charge in [0.25, 0.3) is 0 Å². The van der Waals surface area contributed by atoms with E-state index in [0.717, 1.165) is 25.7 Å². The van der Waals surface area contributed by atoms with Crippen LogP contribution in [0.15, 0.2) is 0 Å². The molecule has 1 saturated carbocycles. The lowest BCUT2D eigenvalue weighted by Crippen LogP contribution is -2.31. The zero-order chi connectivity index (χ0) is 11.1. The van der Waals surface area contributed by atoms with Crippen LogP contribution in [0.1, 0.15) is 57.8 Å². The minimum absolute atomic E-state index is 0.521. The Morgan fingerprint density at radius 3 is 2.20 bits per heavy atom. The molecular formula is C13H20O2. The molecule has 1 aliphatic carbocycles. The molecule has 0 bridgehead atoms. The summed E-state index contributed by atoms with van der Waals surface area (Å²) in [6.07, 6.45) is 13.8. The van der Waals surface area contributed by atoms with E-state index in [0.29, 0.717) is 12.8 Å². The van der Waals surface area contributed by atoms with Gasteiger partial charge in [-0.15, -0.1) is 12.3 Å². The first-order chi connectivity index (χ1) is 7.21. The third-order valence-electron chi connectivity index (χ3n) is 3.51. The van der Waals surface area contributed by atoms with Gasteiger partial charge in [-0.3, -0.25) is 4.79 Å². The number of aliphatic carboxylic acids is 1. The summed E-state index contributed by atoms with van der Waals surface area (Å²) >= 11 is 0. The number of hydrogen-bond acceptors (Lipinski definition) is 1. The first-order valence-electron chi connectivity index (χ1n) is 5.88. The monoisotopic (exact) mass is 208 g/mol. The van der Waals surface area contributed by atoms with Gasteiger partial charge in [-0.2, -0.15) is 0 Å². The van der Waals surface area contributed by atoms with Crippen LogP contribution in [-0.2, 0) is 4.79 Å². The van der Waals surface area contributed by atoms with E-state index in [-0.39, 0.29) is 0 Å². The van der Waals surface area contributed by atoms with E-state index in [9.17, 15) is 9.90 Å². The molecule has 1 N–H and O–H groups in total. The van der Waals surface area contributed by atoms with Crippen molar-refractivity contribution in [3.05, 3.63) is 0 Å². The van der Waals surface area contributed by atoms with Crippen molar-refractivity contribution >= 4 is 5.97 Å². The van der Waals surface area contributed by atoms with E-state index in [2.05, 4.69) is 5.92 Å². The fourth-order valence-electron chi connectivity index (χ4n) is 2.46. The molecule has 0 amide bonds. The zero-order valence-corrected chi connectivity index (χ0v) is 9.30. The maximum absolute atomic E-state index is 11.4. The molecule has 1 rings (SSSR count). The van der Waals surface area contributed by atoms with Crippen LogP contribution in [0.4, 0.5) is 0 Å². The summed E-state index contributed by atoms with van der Waals surface area (Å²) in [6, 6.07) is 0. The second kappa shape index (κ2) is 5.80. The molecule has 84 valence electrons. The molecule has 15 heavy (non-hydrogen) atoms. The van der Waals surface area contributed by atoms with Gasteiger partial charge >= 0.3 is 5.97 Å². The van der Waals surface area contributed by atoms with Crippen molar-refractivity contribution in [2.75, 3.05) is 0 Å². The van der Waals surface area contributed by atoms with E-state index in [1.807, 2.05) is 0 Å². The van der Waals surface area contributed by atoms with E-state index < -0.39 is 11.4 Å². The Morgan fingerprint density at radius 1 is 1.20 bits per heavy atom. The van der Waals surface area contributed by atoms with Crippen LogP contribution >= 0.6 is 0 Å². The maximum Gasteiger partial charge on any atom is 0.309 e. The van der Waals surface area contributed by atoms with E-state index in [4.69, 9.17) is 6.42 Å². The van der Waals surface area contributed by atoms with Gasteiger partial charge in [0, 0.05) is 6.42 Å². The highest BCUT2D eigenvalue weighted by atomic mass is 16.4. The SMILES string of the molecule is C#CCCC1(C(=O)O)CCCCCCC1. The molecule has 1 fully saturated rings. The standard InChI is InChI=1S/C13H20O2/c1-2-3-9-13(12(14)15)10-7-5-4-6-8-11-13/h1H,3-11H2,(H,14,15). The zero-order valence-electron chi connectivity index (χ0n) is 9.30. The van der Waals surface area contributed by atoms with Crippen molar-refractivity contribution in [1.29, 1.82) is 0 Å². The van der Waals surface area contributed by atoms with Crippen LogP contribution in [0, 0.1) is 17.8 Å². The molecule has 0 unspecified atom stereocenters. The number of carbonyl (C=O) groups is 1. The highest BCUT2D eigenvalue weighted by Gasteiger charge is 2.37. The van der Waals surface area contributed by atoms with Gasteiger partial charge in [-0.1, -0.05) is 32.1 Å². The number of carboxylic acids is 1. The molecule has 0 spiro atoms. The van der Waals surface area contributed by atoms with E-state index in [1.165, 1.54) is 19.3 Å². The van der Waals surface area contributed by atoms with E-state index >= 15 is 0 Å². The number of carboxylic acid groups (broad SMARTS) is 1. The summed E-state index contributed by atoms with van der Waals surface area (Å²) in [7, 11) is 0. The number of rotatable bonds is 3. The van der Waals surface area contributed by atoms with Gasteiger partial charge in [0.2, 0.25) is 0 Å². The molecule has 0 heterocycles. The van der Waals surface area contributed by atoms with Crippen molar-refractivity contribution in [2.45, 2.75) is 57.8 Å². The third kappa shape index (κ3) is 3.27. The lowest BCUT2D eigenvalue weighted by Gasteiger charge is -2.30. The van der Waals surface area contributed by atoms with Crippen LogP contribution in [0.5, 0.6) is 0 Å². The molecule has 0 radical (unpaired) electrons. The smallest absolute Gasteiger partial charge is 0.309 e. The minimum atomic E-state index is -0.639. The van der Waals surface area contributed by atoms with Crippen LogP contribution < -0.4 is 0 Å². The largest absolute Gasteiger partial charge is 0.481 e. The normalized spacial score (nSPS) is 21.0. The van der Waals surface area contributed by atoms with Gasteiger partial charge in [-0.25, -0.2) is 0 Å². The van der Waals surface area contributed by atoms with Crippen molar-refractivity contribution in [1.82, 2.24) is 0 Å². The summed E-state index contributed by atoms with van der Waals surface area (Å²) in [5, 5.41) is 9.36. The molecule has 2 heteroatoms. The van der Waals surface area contributed by atoms with Crippen LogP contribution in [0.25, 0.3) is 0 Å². The second-order valence-corrected chi connectivity index (χ2v) is 4.56. The Balaban J connectivity index is 2.67. The minimum Gasteiger partial charge on any atom is -0.481 e. The molecule has 0 aromatic heterocycles. The summed E-state index contributed by atoms with van der Waals surface area (Å²) in [5.74, 6) is 1.93. The van der Waals surface area contributed by atoms with Crippen LogP contribution in [0.3, 0.4) is 0 Å². The fourth-order valence-corrected chi connectivity index (χ4v) is 2.46. The molecule has 0 saturated heterocycles. The summed E-state index contributed by atoms with van der Waals surface area (Å²) in [6.45, 7) is 0.